The molecule has 0 spiro atoms. The van der Waals surface area contributed by atoms with Crippen molar-refractivity contribution in [3.05, 3.63) is 96.3 Å². The molecule has 3 aromatic carbocycles. The molecule has 0 saturated carbocycles. The zero-order valence-corrected chi connectivity index (χ0v) is 14.5. The molecule has 0 radical (unpaired) electrons. The van der Waals surface area contributed by atoms with Gasteiger partial charge in [0.15, 0.2) is 0 Å². The lowest BCUT2D eigenvalue weighted by Crippen LogP contribution is -1.85. The molecule has 1 aromatic heterocycles. The van der Waals surface area contributed by atoms with Crippen LogP contribution in [-0.2, 0) is 0 Å². The van der Waals surface area contributed by atoms with E-state index >= 15 is 0 Å². The van der Waals surface area contributed by atoms with Crippen molar-refractivity contribution < 1.29 is 4.42 Å². The summed E-state index contributed by atoms with van der Waals surface area (Å²) in [5.74, 6) is 1.88. The zero-order valence-electron chi connectivity index (χ0n) is 14.5. The third-order valence-corrected chi connectivity index (χ3v) is 4.52. The van der Waals surface area contributed by atoms with Crippen molar-refractivity contribution in [1.82, 2.24) is 0 Å². The Kier molecular flexibility index (Phi) is 3.99. The predicted molar refractivity (Wildman–Crippen MR) is 104 cm³/mol. The fourth-order valence-electron chi connectivity index (χ4n) is 3.29. The van der Waals surface area contributed by atoms with Gasteiger partial charge in [-0.2, -0.15) is 0 Å². The maximum Gasteiger partial charge on any atom is 0.142 e. The van der Waals surface area contributed by atoms with Gasteiger partial charge in [-0.05, 0) is 25.0 Å². The van der Waals surface area contributed by atoms with Crippen LogP contribution in [0.25, 0.3) is 33.6 Å². The van der Waals surface area contributed by atoms with Crippen molar-refractivity contribution in [3.8, 4) is 33.6 Å². The van der Waals surface area contributed by atoms with E-state index in [1.165, 1.54) is 22.3 Å². The Bertz CT molecular complexity index is 978. The average molecular weight is 324 g/mol. The van der Waals surface area contributed by atoms with Crippen LogP contribution >= 0.6 is 0 Å². The maximum absolute atomic E-state index is 6.27. The van der Waals surface area contributed by atoms with E-state index in [2.05, 4.69) is 67.6 Å². The minimum absolute atomic E-state index is 0.931. The lowest BCUT2D eigenvalue weighted by Gasteiger charge is -2.08. The first-order valence-electron chi connectivity index (χ1n) is 8.55. The largest absolute Gasteiger partial charge is 0.460 e. The topological polar surface area (TPSA) is 13.1 Å². The van der Waals surface area contributed by atoms with Crippen LogP contribution in [0.4, 0.5) is 0 Å². The SMILES string of the molecule is Cc1ccc(-c2c(-c3ccccc3)oc(C)c2-c2ccccc2)cc1. The first-order valence-corrected chi connectivity index (χ1v) is 8.55. The van der Waals surface area contributed by atoms with E-state index in [-0.39, 0.29) is 0 Å². The Morgan fingerprint density at radius 2 is 1.04 bits per heavy atom. The molecule has 4 aromatic rings. The standard InChI is InChI=1S/C24H20O/c1-17-13-15-20(16-14-17)23-22(19-9-5-3-6-10-19)18(2)25-24(23)21-11-7-4-8-12-21/h3-16H,1-2H3. The van der Waals surface area contributed by atoms with Crippen LogP contribution in [0.5, 0.6) is 0 Å². The highest BCUT2D eigenvalue weighted by atomic mass is 16.3. The van der Waals surface area contributed by atoms with Gasteiger partial charge >= 0.3 is 0 Å². The summed E-state index contributed by atoms with van der Waals surface area (Å²) in [4.78, 5) is 0. The quantitative estimate of drug-likeness (QED) is 0.399. The van der Waals surface area contributed by atoms with Crippen molar-refractivity contribution >= 4 is 0 Å². The van der Waals surface area contributed by atoms with Gasteiger partial charge in [0.25, 0.3) is 0 Å². The van der Waals surface area contributed by atoms with E-state index in [4.69, 9.17) is 4.42 Å². The third kappa shape index (κ3) is 2.89. The molecule has 0 aliphatic carbocycles. The summed E-state index contributed by atoms with van der Waals surface area (Å²) in [6, 6.07) is 29.5. The average Bonchev–Trinajstić information content (AvgIpc) is 3.01. The molecule has 25 heavy (non-hydrogen) atoms. The molecule has 0 bridgehead atoms. The fraction of sp³-hybridized carbons (Fsp3) is 0.0833. The molecule has 0 atom stereocenters. The van der Waals surface area contributed by atoms with E-state index in [0.29, 0.717) is 0 Å². The normalized spacial score (nSPS) is 10.8. The van der Waals surface area contributed by atoms with Gasteiger partial charge in [0.05, 0.1) is 0 Å². The molecule has 4 rings (SSSR count). The third-order valence-electron chi connectivity index (χ3n) is 4.52. The van der Waals surface area contributed by atoms with Crippen LogP contribution in [0.15, 0.2) is 89.3 Å². The van der Waals surface area contributed by atoms with Crippen LogP contribution in [-0.4, -0.2) is 0 Å². The molecular weight excluding hydrogens is 304 g/mol. The monoisotopic (exact) mass is 324 g/mol. The van der Waals surface area contributed by atoms with Crippen molar-refractivity contribution in [1.29, 1.82) is 0 Å². The maximum atomic E-state index is 6.27. The Balaban J connectivity index is 2.02. The van der Waals surface area contributed by atoms with Crippen LogP contribution in [0.3, 0.4) is 0 Å². The molecule has 1 heteroatoms. The zero-order chi connectivity index (χ0) is 17.2. The highest BCUT2D eigenvalue weighted by molar-refractivity contribution is 5.93. The second-order valence-corrected chi connectivity index (χ2v) is 6.34. The summed E-state index contributed by atoms with van der Waals surface area (Å²) in [5.41, 5.74) is 7.05. The van der Waals surface area contributed by atoms with Crippen molar-refractivity contribution in [2.45, 2.75) is 13.8 Å². The minimum atomic E-state index is 0.931. The molecule has 0 aliphatic rings. The van der Waals surface area contributed by atoms with Gasteiger partial charge in [0.2, 0.25) is 0 Å². The van der Waals surface area contributed by atoms with E-state index in [1.54, 1.807) is 0 Å². The molecule has 0 amide bonds. The molecule has 0 unspecified atom stereocenters. The molecule has 122 valence electrons. The summed E-state index contributed by atoms with van der Waals surface area (Å²) in [5, 5.41) is 0. The van der Waals surface area contributed by atoms with Crippen molar-refractivity contribution in [2.24, 2.45) is 0 Å². The van der Waals surface area contributed by atoms with Crippen molar-refractivity contribution in [2.75, 3.05) is 0 Å². The number of rotatable bonds is 3. The van der Waals surface area contributed by atoms with Crippen LogP contribution < -0.4 is 0 Å². The van der Waals surface area contributed by atoms with Gasteiger partial charge < -0.3 is 4.42 Å². The number of hydrogen-bond acceptors (Lipinski definition) is 1. The van der Waals surface area contributed by atoms with Gasteiger partial charge in [-0.15, -0.1) is 0 Å². The lowest BCUT2D eigenvalue weighted by atomic mass is 9.93. The second kappa shape index (κ2) is 6.45. The molecular formula is C24H20O. The highest BCUT2D eigenvalue weighted by Crippen LogP contribution is 2.44. The smallest absolute Gasteiger partial charge is 0.142 e. The van der Waals surface area contributed by atoms with Gasteiger partial charge in [-0.1, -0.05) is 90.5 Å². The predicted octanol–water partition coefficient (Wildman–Crippen LogP) is 6.90. The van der Waals surface area contributed by atoms with Crippen LogP contribution in [0.2, 0.25) is 0 Å². The number of furan rings is 1. The molecule has 1 nitrogen and oxygen atoms in total. The van der Waals surface area contributed by atoms with Crippen LogP contribution in [0.1, 0.15) is 11.3 Å². The Hall–Kier alpha value is -3.06. The molecule has 1 heterocycles. The van der Waals surface area contributed by atoms with E-state index in [1.807, 2.05) is 31.2 Å². The van der Waals surface area contributed by atoms with Gasteiger partial charge in [0, 0.05) is 16.7 Å². The Morgan fingerprint density at radius 1 is 0.520 bits per heavy atom. The van der Waals surface area contributed by atoms with E-state index in [9.17, 15) is 0 Å². The van der Waals surface area contributed by atoms with Crippen molar-refractivity contribution in [3.63, 3.8) is 0 Å². The van der Waals surface area contributed by atoms with Gasteiger partial charge in [0.1, 0.15) is 11.5 Å². The molecule has 0 N–H and O–H groups in total. The first-order chi connectivity index (χ1) is 12.2. The number of benzene rings is 3. The summed E-state index contributed by atoms with van der Waals surface area (Å²) < 4.78 is 6.27. The highest BCUT2D eigenvalue weighted by Gasteiger charge is 2.21. The molecule has 0 fully saturated rings. The summed E-state index contributed by atoms with van der Waals surface area (Å²) in [6.45, 7) is 4.16. The molecule has 0 aliphatic heterocycles. The lowest BCUT2D eigenvalue weighted by molar-refractivity contribution is 0.550. The Labute approximate surface area is 148 Å². The van der Waals surface area contributed by atoms with E-state index < -0.39 is 0 Å². The summed E-state index contributed by atoms with van der Waals surface area (Å²) in [7, 11) is 0. The first kappa shape index (κ1) is 15.5. The summed E-state index contributed by atoms with van der Waals surface area (Å²) >= 11 is 0. The Morgan fingerprint density at radius 3 is 1.64 bits per heavy atom. The van der Waals surface area contributed by atoms with Crippen LogP contribution in [0, 0.1) is 13.8 Å². The van der Waals surface area contributed by atoms with Gasteiger partial charge in [-0.3, -0.25) is 0 Å². The minimum Gasteiger partial charge on any atom is -0.460 e. The fourth-order valence-corrected chi connectivity index (χ4v) is 3.29. The van der Waals surface area contributed by atoms with Gasteiger partial charge in [-0.25, -0.2) is 0 Å². The number of aryl methyl sites for hydroxylation is 2. The molecule has 0 saturated heterocycles. The summed E-state index contributed by atoms with van der Waals surface area (Å²) in [6.07, 6.45) is 0. The van der Waals surface area contributed by atoms with E-state index in [0.717, 1.165) is 22.6 Å². The number of hydrogen-bond donors (Lipinski definition) is 0. The second-order valence-electron chi connectivity index (χ2n) is 6.34.